The summed E-state index contributed by atoms with van der Waals surface area (Å²) in [7, 11) is 0. The molecule has 3 aromatic carbocycles. The Morgan fingerprint density at radius 1 is 1.06 bits per heavy atom. The number of nitrogens with one attached hydrogen (secondary N) is 1. The molecule has 32 heavy (non-hydrogen) atoms. The van der Waals surface area contributed by atoms with Crippen LogP contribution in [0.15, 0.2) is 78.9 Å². The summed E-state index contributed by atoms with van der Waals surface area (Å²) in [4.78, 5) is 15.5. The Labute approximate surface area is 189 Å². The molecule has 2 aliphatic heterocycles. The molecule has 5 nitrogen and oxygen atoms in total. The molecule has 2 heterocycles. The summed E-state index contributed by atoms with van der Waals surface area (Å²) in [5.41, 5.74) is 2.85. The fourth-order valence-corrected chi connectivity index (χ4v) is 4.53. The monoisotopic (exact) mass is 428 g/mol. The van der Waals surface area contributed by atoms with Crippen LogP contribution in [0.2, 0.25) is 0 Å². The lowest BCUT2D eigenvalue weighted by atomic mass is 9.92. The van der Waals surface area contributed by atoms with Gasteiger partial charge in [0, 0.05) is 24.4 Å². The lowest BCUT2D eigenvalue weighted by molar-refractivity contribution is 0.0507. The van der Waals surface area contributed by atoms with Gasteiger partial charge in [0.15, 0.2) is 0 Å². The Bertz CT molecular complexity index is 1090. The van der Waals surface area contributed by atoms with Gasteiger partial charge < -0.3 is 19.7 Å². The van der Waals surface area contributed by atoms with E-state index in [2.05, 4.69) is 24.4 Å². The number of hydrogen-bond donors (Lipinski definition) is 1. The van der Waals surface area contributed by atoms with Crippen LogP contribution in [0.5, 0.6) is 5.75 Å². The molecule has 5 heteroatoms. The predicted octanol–water partition coefficient (Wildman–Crippen LogP) is 5.19. The Morgan fingerprint density at radius 2 is 1.88 bits per heavy atom. The highest BCUT2D eigenvalue weighted by molar-refractivity contribution is 6.02. The molecule has 0 bridgehead atoms. The Balaban J connectivity index is 1.49. The van der Waals surface area contributed by atoms with Crippen LogP contribution in [0.3, 0.4) is 0 Å². The van der Waals surface area contributed by atoms with Crippen molar-refractivity contribution in [3.8, 4) is 5.75 Å². The van der Waals surface area contributed by atoms with Crippen molar-refractivity contribution in [1.29, 1.82) is 0 Å². The van der Waals surface area contributed by atoms with E-state index in [9.17, 15) is 4.79 Å². The number of carbonyl (C=O) groups excluding carboxylic acids is 1. The van der Waals surface area contributed by atoms with E-state index in [1.807, 2.05) is 71.6 Å². The van der Waals surface area contributed by atoms with Crippen molar-refractivity contribution in [2.24, 2.45) is 0 Å². The first-order chi connectivity index (χ1) is 15.6. The highest BCUT2D eigenvalue weighted by Crippen LogP contribution is 2.39. The summed E-state index contributed by atoms with van der Waals surface area (Å²) in [6.45, 7) is 3.91. The van der Waals surface area contributed by atoms with Gasteiger partial charge in [-0.1, -0.05) is 54.6 Å². The number of para-hydroxylation sites is 1. The number of benzene rings is 3. The third-order valence-corrected chi connectivity index (χ3v) is 6.36. The first kappa shape index (κ1) is 20.6. The number of fused-ring (bicyclic) bond motifs is 1. The SMILES string of the molecule is CC1(c2cccc(OCC3CCCO3)c2)Nc2ccccc2C(=O)N1Cc1ccccc1. The normalized spacial score (nSPS) is 22.3. The molecule has 1 amide bonds. The van der Waals surface area contributed by atoms with Gasteiger partial charge in [0.25, 0.3) is 5.91 Å². The molecule has 2 atom stereocenters. The fraction of sp³-hybridized carbons (Fsp3) is 0.296. The maximum atomic E-state index is 13.6. The Kier molecular flexibility index (Phi) is 5.58. The summed E-state index contributed by atoms with van der Waals surface area (Å²) >= 11 is 0. The summed E-state index contributed by atoms with van der Waals surface area (Å²) in [6.07, 6.45) is 2.28. The van der Waals surface area contributed by atoms with Crippen molar-refractivity contribution in [3.63, 3.8) is 0 Å². The quantitative estimate of drug-likeness (QED) is 0.587. The topological polar surface area (TPSA) is 50.8 Å². The molecule has 2 aliphatic rings. The molecular weight excluding hydrogens is 400 g/mol. The van der Waals surface area contributed by atoms with Crippen LogP contribution in [-0.2, 0) is 16.9 Å². The van der Waals surface area contributed by atoms with Crippen LogP contribution >= 0.6 is 0 Å². The molecule has 0 aliphatic carbocycles. The van der Waals surface area contributed by atoms with Crippen LogP contribution in [0.25, 0.3) is 0 Å². The minimum atomic E-state index is -0.732. The number of anilines is 1. The number of rotatable bonds is 6. The van der Waals surface area contributed by atoms with E-state index in [1.54, 1.807) is 0 Å². The van der Waals surface area contributed by atoms with Crippen LogP contribution in [0, 0.1) is 0 Å². The van der Waals surface area contributed by atoms with Crippen molar-refractivity contribution in [2.45, 2.75) is 38.1 Å². The van der Waals surface area contributed by atoms with Gasteiger partial charge in [-0.05, 0) is 49.6 Å². The second-order valence-corrected chi connectivity index (χ2v) is 8.59. The molecule has 1 fully saturated rings. The molecule has 5 rings (SSSR count). The van der Waals surface area contributed by atoms with Crippen molar-refractivity contribution in [1.82, 2.24) is 4.90 Å². The maximum Gasteiger partial charge on any atom is 0.258 e. The minimum absolute atomic E-state index is 0.0105. The van der Waals surface area contributed by atoms with Crippen molar-refractivity contribution >= 4 is 11.6 Å². The van der Waals surface area contributed by atoms with Gasteiger partial charge >= 0.3 is 0 Å². The molecule has 0 radical (unpaired) electrons. The second kappa shape index (κ2) is 8.67. The van der Waals surface area contributed by atoms with Crippen LogP contribution < -0.4 is 10.1 Å². The summed E-state index contributed by atoms with van der Waals surface area (Å²) in [6, 6.07) is 25.8. The number of hydrogen-bond acceptors (Lipinski definition) is 4. The molecule has 3 aromatic rings. The van der Waals surface area contributed by atoms with Crippen molar-refractivity contribution < 1.29 is 14.3 Å². The molecule has 0 spiro atoms. The van der Waals surface area contributed by atoms with E-state index >= 15 is 0 Å². The highest BCUT2D eigenvalue weighted by Gasteiger charge is 2.42. The zero-order valence-electron chi connectivity index (χ0n) is 18.3. The van der Waals surface area contributed by atoms with Gasteiger partial charge in [-0.15, -0.1) is 0 Å². The third-order valence-electron chi connectivity index (χ3n) is 6.36. The Hall–Kier alpha value is -3.31. The number of nitrogens with zero attached hydrogens (tertiary/aromatic N) is 1. The first-order valence-electron chi connectivity index (χ1n) is 11.2. The average molecular weight is 429 g/mol. The van der Waals surface area contributed by atoms with Gasteiger partial charge in [-0.25, -0.2) is 0 Å². The van der Waals surface area contributed by atoms with Crippen LogP contribution in [0.1, 0.15) is 41.3 Å². The smallest absolute Gasteiger partial charge is 0.258 e. The van der Waals surface area contributed by atoms with E-state index < -0.39 is 5.66 Å². The van der Waals surface area contributed by atoms with Crippen molar-refractivity contribution in [2.75, 3.05) is 18.5 Å². The number of amides is 1. The summed E-state index contributed by atoms with van der Waals surface area (Å²) in [5, 5.41) is 3.64. The van der Waals surface area contributed by atoms with Crippen molar-refractivity contribution in [3.05, 3.63) is 95.6 Å². The largest absolute Gasteiger partial charge is 0.491 e. The summed E-state index contributed by atoms with van der Waals surface area (Å²) < 4.78 is 11.7. The first-order valence-corrected chi connectivity index (χ1v) is 11.2. The molecular formula is C27H28N2O3. The molecule has 0 aromatic heterocycles. The molecule has 1 N–H and O–H groups in total. The summed E-state index contributed by atoms with van der Waals surface area (Å²) in [5.74, 6) is 0.795. The minimum Gasteiger partial charge on any atom is -0.491 e. The zero-order chi connectivity index (χ0) is 22.0. The molecule has 0 saturated carbocycles. The van der Waals surface area contributed by atoms with E-state index in [0.717, 1.165) is 42.0 Å². The molecule has 164 valence electrons. The van der Waals surface area contributed by atoms with Gasteiger partial charge in [-0.3, -0.25) is 4.79 Å². The molecule has 2 unspecified atom stereocenters. The lowest BCUT2D eigenvalue weighted by Gasteiger charge is -2.47. The van der Waals surface area contributed by atoms with Gasteiger partial charge in [0.05, 0.1) is 11.7 Å². The lowest BCUT2D eigenvalue weighted by Crippen LogP contribution is -2.55. The van der Waals surface area contributed by atoms with E-state index in [-0.39, 0.29) is 12.0 Å². The second-order valence-electron chi connectivity index (χ2n) is 8.59. The van der Waals surface area contributed by atoms with Gasteiger partial charge in [0.1, 0.15) is 18.0 Å². The van der Waals surface area contributed by atoms with Crippen LogP contribution in [0.4, 0.5) is 5.69 Å². The van der Waals surface area contributed by atoms with E-state index in [1.165, 1.54) is 0 Å². The van der Waals surface area contributed by atoms with Crippen LogP contribution in [-0.4, -0.2) is 30.1 Å². The molecule has 1 saturated heterocycles. The zero-order valence-corrected chi connectivity index (χ0v) is 18.3. The number of carbonyl (C=O) groups is 1. The average Bonchev–Trinajstić information content (AvgIpc) is 3.35. The fourth-order valence-electron chi connectivity index (χ4n) is 4.53. The van der Waals surface area contributed by atoms with E-state index in [0.29, 0.717) is 18.7 Å². The standard InChI is InChI=1S/C27H28N2O3/c1-27(21-11-7-12-22(17-21)32-19-23-13-8-16-31-23)28-25-15-6-5-14-24(25)26(30)29(27)18-20-9-3-2-4-10-20/h2-7,9-12,14-15,17,23,28H,8,13,16,18-19H2,1H3. The maximum absolute atomic E-state index is 13.6. The highest BCUT2D eigenvalue weighted by atomic mass is 16.5. The predicted molar refractivity (Wildman–Crippen MR) is 125 cm³/mol. The Morgan fingerprint density at radius 3 is 2.69 bits per heavy atom. The van der Waals surface area contributed by atoms with Gasteiger partial charge in [-0.2, -0.15) is 0 Å². The number of ether oxygens (including phenoxy) is 2. The van der Waals surface area contributed by atoms with E-state index in [4.69, 9.17) is 9.47 Å². The third kappa shape index (κ3) is 3.96. The van der Waals surface area contributed by atoms with Gasteiger partial charge in [0.2, 0.25) is 0 Å².